The number of hydrogen-bond donors (Lipinski definition) is 0. The van der Waals surface area contributed by atoms with Crippen LogP contribution in [0.2, 0.25) is 52.4 Å². The van der Waals surface area contributed by atoms with Crippen LogP contribution in [0.5, 0.6) is 11.5 Å². The fraction of sp³-hybridized carbons (Fsp3) is 0.200. The Bertz CT molecular complexity index is 2040. The number of ether oxygens (including phenoxy) is 1. The molecule has 0 N–H and O–H groups in total. The molecule has 0 bridgehead atoms. The molecule has 2 aliphatic rings. The lowest BCUT2D eigenvalue weighted by Gasteiger charge is -2.30. The van der Waals surface area contributed by atoms with Gasteiger partial charge >= 0.3 is 0 Å². The van der Waals surface area contributed by atoms with Gasteiger partial charge in [-0.15, -0.1) is 0 Å². The molecule has 0 saturated carbocycles. The van der Waals surface area contributed by atoms with E-state index in [1.165, 1.54) is 21.5 Å². The monoisotopic (exact) mass is 650 g/mol. The number of rotatable bonds is 2. The predicted octanol–water partition coefficient (Wildman–Crippen LogP) is 5.70. The second-order valence-electron chi connectivity index (χ2n) is 15.4. The average Bonchev–Trinajstić information content (AvgIpc) is 3.11. The summed E-state index contributed by atoms with van der Waals surface area (Å²) in [4.78, 5) is 0. The summed E-state index contributed by atoms with van der Waals surface area (Å²) in [6, 6.07) is 42.1. The lowest BCUT2D eigenvalue weighted by molar-refractivity contribution is 0.484. The second-order valence-corrected chi connectivity index (χ2v) is 32.7. The molecule has 0 atom stereocenters. The summed E-state index contributed by atoms with van der Waals surface area (Å²) in [5.74, 6) is 1.93. The van der Waals surface area contributed by atoms with Crippen LogP contribution in [-0.2, 0) is 0 Å². The van der Waals surface area contributed by atoms with Gasteiger partial charge in [0.05, 0.1) is 0 Å². The highest BCUT2D eigenvalue weighted by Gasteiger charge is 2.43. The molecule has 0 saturated heterocycles. The number of benzene rings is 6. The second kappa shape index (κ2) is 9.52. The number of fused-ring (bicyclic) bond motifs is 2. The highest BCUT2D eigenvalue weighted by Crippen LogP contribution is 2.28. The molecule has 0 fully saturated rings. The molecule has 6 aromatic carbocycles. The van der Waals surface area contributed by atoms with Crippen LogP contribution in [0.1, 0.15) is 0 Å². The molecule has 0 radical (unpaired) electrons. The van der Waals surface area contributed by atoms with Crippen molar-refractivity contribution in [1.29, 1.82) is 0 Å². The van der Waals surface area contributed by atoms with Gasteiger partial charge in [-0.3, -0.25) is 0 Å². The Labute approximate surface area is 272 Å². The predicted molar refractivity (Wildman–Crippen MR) is 208 cm³/mol. The van der Waals surface area contributed by atoms with E-state index in [-0.39, 0.29) is 0 Å². The van der Waals surface area contributed by atoms with Gasteiger partial charge < -0.3 is 4.74 Å². The summed E-state index contributed by atoms with van der Waals surface area (Å²) in [5, 5.41) is 18.3. The van der Waals surface area contributed by atoms with E-state index < -0.39 is 32.3 Å². The van der Waals surface area contributed by atoms with Crippen molar-refractivity contribution in [2.24, 2.45) is 0 Å². The van der Waals surface area contributed by atoms with Crippen LogP contribution in [0.3, 0.4) is 0 Å². The van der Waals surface area contributed by atoms with Gasteiger partial charge in [-0.1, -0.05) is 158 Å². The summed E-state index contributed by atoms with van der Waals surface area (Å²) in [6.07, 6.45) is 0. The molecule has 6 aromatic rings. The van der Waals surface area contributed by atoms with E-state index in [0.29, 0.717) is 0 Å². The van der Waals surface area contributed by atoms with Gasteiger partial charge in [0.2, 0.25) is 0 Å². The van der Waals surface area contributed by atoms with Crippen molar-refractivity contribution in [1.82, 2.24) is 0 Å². The van der Waals surface area contributed by atoms with Crippen LogP contribution in [0.15, 0.2) is 109 Å². The van der Waals surface area contributed by atoms with Crippen LogP contribution >= 0.6 is 0 Å². The van der Waals surface area contributed by atoms with E-state index >= 15 is 0 Å². The van der Waals surface area contributed by atoms with Gasteiger partial charge in [0.1, 0.15) is 43.8 Å². The highest BCUT2D eigenvalue weighted by molar-refractivity contribution is 7.13. The lowest BCUT2D eigenvalue weighted by Crippen LogP contribution is -2.63. The van der Waals surface area contributed by atoms with Gasteiger partial charge in [-0.2, -0.15) is 0 Å². The van der Waals surface area contributed by atoms with Crippen LogP contribution in [-0.4, -0.2) is 32.3 Å². The average molecular weight is 651 g/mol. The Morgan fingerprint density at radius 2 is 0.644 bits per heavy atom. The standard InChI is InChI=1S/C40H42OSi4/c1-42(2)31-23-21-29(25-37(31)44(5,6)35-19-11-15-27-13-9-17-33(42)39(27)35)41-30-22-24-32-38(26-30)45(7,8)36-20-12-16-28-14-10-18-34(40(28)36)43(32,3)4/h9-26H,1-8H3. The molecule has 0 aromatic heterocycles. The Kier molecular flexibility index (Phi) is 6.12. The fourth-order valence-corrected chi connectivity index (χ4v) is 24.6. The zero-order chi connectivity index (χ0) is 31.5. The van der Waals surface area contributed by atoms with E-state index in [2.05, 4.69) is 162 Å². The first-order valence-electron chi connectivity index (χ1n) is 16.4. The molecule has 2 heterocycles. The molecular weight excluding hydrogens is 609 g/mol. The van der Waals surface area contributed by atoms with E-state index in [9.17, 15) is 0 Å². The molecule has 0 amide bonds. The molecule has 45 heavy (non-hydrogen) atoms. The van der Waals surface area contributed by atoms with E-state index in [0.717, 1.165) is 11.5 Å². The molecule has 0 unspecified atom stereocenters. The first-order chi connectivity index (χ1) is 21.3. The molecule has 8 rings (SSSR count). The van der Waals surface area contributed by atoms with Gasteiger partial charge in [0, 0.05) is 0 Å². The Balaban J connectivity index is 1.27. The summed E-state index contributed by atoms with van der Waals surface area (Å²) in [5.41, 5.74) is 0. The zero-order valence-corrected chi connectivity index (χ0v) is 31.8. The molecule has 0 spiro atoms. The topological polar surface area (TPSA) is 9.23 Å². The molecular formula is C40H42OSi4. The fourth-order valence-electron chi connectivity index (χ4n) is 8.78. The smallest absolute Gasteiger partial charge is 0.127 e. The Hall–Kier alpha value is -3.49. The molecule has 0 aliphatic carbocycles. The van der Waals surface area contributed by atoms with E-state index in [1.54, 1.807) is 41.5 Å². The van der Waals surface area contributed by atoms with Crippen molar-refractivity contribution >= 4 is 95.3 Å². The van der Waals surface area contributed by atoms with Gasteiger partial charge in [0.15, 0.2) is 0 Å². The molecule has 2 aliphatic heterocycles. The SMILES string of the molecule is C[Si]1(C)c2ccc(Oc3ccc4c(c3)[Si](C)(C)c3cccc5cccc(c35)[Si]4(C)C)cc2[Si](C)(C)c2cccc3cccc1c23. The maximum atomic E-state index is 6.89. The summed E-state index contributed by atoms with van der Waals surface area (Å²) in [6.45, 7) is 20.3. The number of hydrogen-bond acceptors (Lipinski definition) is 1. The molecule has 5 heteroatoms. The first kappa shape index (κ1) is 28.9. The molecule has 1 nitrogen and oxygen atoms in total. The zero-order valence-electron chi connectivity index (χ0n) is 27.8. The van der Waals surface area contributed by atoms with Crippen LogP contribution < -0.4 is 46.2 Å². The van der Waals surface area contributed by atoms with Gasteiger partial charge in [-0.05, 0) is 66.6 Å². The van der Waals surface area contributed by atoms with Gasteiger partial charge in [0.25, 0.3) is 0 Å². The lowest BCUT2D eigenvalue weighted by atomic mass is 10.1. The maximum Gasteiger partial charge on any atom is 0.127 e. The maximum absolute atomic E-state index is 6.89. The van der Waals surface area contributed by atoms with Gasteiger partial charge in [-0.25, -0.2) is 0 Å². The minimum Gasteiger partial charge on any atom is -0.457 e. The highest BCUT2D eigenvalue weighted by atomic mass is 28.3. The van der Waals surface area contributed by atoms with E-state index in [4.69, 9.17) is 4.74 Å². The first-order valence-corrected chi connectivity index (χ1v) is 28.4. The van der Waals surface area contributed by atoms with Crippen LogP contribution in [0.4, 0.5) is 0 Å². The van der Waals surface area contributed by atoms with Crippen molar-refractivity contribution in [3.05, 3.63) is 109 Å². The van der Waals surface area contributed by atoms with Crippen molar-refractivity contribution in [3.8, 4) is 11.5 Å². The minimum atomic E-state index is -2.02. The summed E-state index contributed by atoms with van der Waals surface area (Å²) < 4.78 is 6.89. The normalized spacial score (nSPS) is 18.0. The third-order valence-electron chi connectivity index (χ3n) is 11.4. The Morgan fingerprint density at radius 3 is 0.978 bits per heavy atom. The Morgan fingerprint density at radius 1 is 0.333 bits per heavy atom. The third kappa shape index (κ3) is 4.00. The quantitative estimate of drug-likeness (QED) is 0.219. The van der Waals surface area contributed by atoms with Crippen molar-refractivity contribution in [2.45, 2.75) is 52.4 Å². The van der Waals surface area contributed by atoms with E-state index in [1.807, 2.05) is 0 Å². The minimum absolute atomic E-state index is 0.965. The third-order valence-corrected chi connectivity index (χ3v) is 26.1. The summed E-state index contributed by atoms with van der Waals surface area (Å²) >= 11 is 0. The largest absolute Gasteiger partial charge is 0.457 e. The van der Waals surface area contributed by atoms with Crippen LogP contribution in [0, 0.1) is 0 Å². The van der Waals surface area contributed by atoms with Crippen molar-refractivity contribution in [2.75, 3.05) is 0 Å². The summed E-state index contributed by atoms with van der Waals surface area (Å²) in [7, 11) is -7.92. The molecule has 224 valence electrons. The van der Waals surface area contributed by atoms with Crippen LogP contribution in [0.25, 0.3) is 21.5 Å². The van der Waals surface area contributed by atoms with Crippen molar-refractivity contribution in [3.63, 3.8) is 0 Å². The van der Waals surface area contributed by atoms with Crippen molar-refractivity contribution < 1.29 is 4.74 Å².